The molecule has 3 aliphatic heterocycles. The number of carbonyl (C=O) groups excluding carboxylic acids is 1. The standard InChI is InChI=1S/C57H79O18PSi2/c1-37(2)77(38(3)4)73-52-47(58)50(51(48(59)53(52)74-78(75-77,39(5)6)40(7)8)72-76(61,62-9)68-35-45-34-67-57(60)69-45)71-56-55(66-33-44-28-20-13-21-29-44)54(65-32-43-26-18-12-19-27-43)49(64-31-42-24-16-11-17-25-42)46(70-56)36-63-30-41-22-14-10-15-23-41/h10-29,37-40,45-56,58-59H,30-36H2,1-9H3/t45-,46-,47-,48+,49-,50-,51-,52+,53+,54+,55+,56-,76-/m1/s1. The molecule has 1 aliphatic carbocycles. The molecule has 1 saturated carbocycles. The van der Waals surface area contributed by atoms with E-state index >= 15 is 0 Å². The summed E-state index contributed by atoms with van der Waals surface area (Å²) in [5, 5.41) is 26.4. The fourth-order valence-corrected chi connectivity index (χ4v) is 23.1. The number of rotatable bonds is 25. The SMILES string of the molecule is CO[P@](=O)(OC[C@H]1COC(=O)O1)O[C@@H]1[C@H](O)[C@@H]2O[Si](C(C)C)(C(C)C)O[Si](C(C)C)(C(C)C)O[C@H]2[C@H](O)[C@H]1O[C@H]1O[C@H](COCc2ccccc2)[C@@H](OCc2ccccc2)[C@H](OCc2ccccc2)[C@@H]1OCc1ccccc1. The smallest absolute Gasteiger partial charge is 0.430 e. The van der Waals surface area contributed by atoms with Crippen LogP contribution in [0.3, 0.4) is 0 Å². The predicted molar refractivity (Wildman–Crippen MR) is 291 cm³/mol. The number of cyclic esters (lactones) is 2. The molecule has 78 heavy (non-hydrogen) atoms. The maximum absolute atomic E-state index is 14.9. The molecule has 3 heterocycles. The van der Waals surface area contributed by atoms with Gasteiger partial charge in [0.15, 0.2) is 12.4 Å². The van der Waals surface area contributed by atoms with Gasteiger partial charge < -0.3 is 61.1 Å². The van der Waals surface area contributed by atoms with Crippen molar-refractivity contribution in [2.75, 3.05) is 26.9 Å². The van der Waals surface area contributed by atoms with E-state index in [1.165, 1.54) is 0 Å². The number of hydrogen-bond donors (Lipinski definition) is 2. The van der Waals surface area contributed by atoms with Crippen LogP contribution in [0, 0.1) is 0 Å². The number of fused-ring (bicyclic) bond motifs is 1. The van der Waals surface area contributed by atoms with Gasteiger partial charge in [0.05, 0.1) is 39.6 Å². The first kappa shape index (κ1) is 60.4. The highest BCUT2D eigenvalue weighted by molar-refractivity contribution is 7.48. The van der Waals surface area contributed by atoms with Gasteiger partial charge in [0.25, 0.3) is 0 Å². The molecule has 428 valence electrons. The number of carbonyl (C=O) groups is 1. The summed E-state index contributed by atoms with van der Waals surface area (Å²) in [7, 11) is -10.5. The lowest BCUT2D eigenvalue weighted by Gasteiger charge is -2.51. The van der Waals surface area contributed by atoms with Gasteiger partial charge in [-0.1, -0.05) is 177 Å². The number of hydrogen-bond acceptors (Lipinski definition) is 18. The summed E-state index contributed by atoms with van der Waals surface area (Å²) in [6, 6.07) is 38.7. The first-order chi connectivity index (χ1) is 37.5. The Morgan fingerprint density at radius 2 is 1.01 bits per heavy atom. The molecule has 4 aromatic carbocycles. The van der Waals surface area contributed by atoms with Crippen LogP contribution in [0.5, 0.6) is 0 Å². The van der Waals surface area contributed by atoms with E-state index < -0.39 is 111 Å². The van der Waals surface area contributed by atoms with Crippen LogP contribution in [0.2, 0.25) is 22.2 Å². The van der Waals surface area contributed by atoms with Gasteiger partial charge in [0.1, 0.15) is 67.6 Å². The number of phosphoric ester groups is 1. The Morgan fingerprint density at radius 3 is 1.45 bits per heavy atom. The summed E-state index contributed by atoms with van der Waals surface area (Å²) >= 11 is 0. The highest BCUT2D eigenvalue weighted by Crippen LogP contribution is 2.55. The van der Waals surface area contributed by atoms with Crippen LogP contribution < -0.4 is 0 Å². The number of aliphatic hydroxyl groups is 2. The molecule has 0 radical (unpaired) electrons. The molecular weight excluding hydrogens is 1060 g/mol. The van der Waals surface area contributed by atoms with Crippen molar-refractivity contribution in [2.45, 2.75) is 177 Å². The Morgan fingerprint density at radius 1 is 0.577 bits per heavy atom. The molecule has 4 aliphatic rings. The third-order valence-electron chi connectivity index (χ3n) is 14.8. The first-order valence-corrected chi connectivity index (χ1v) is 32.5. The molecule has 0 bridgehead atoms. The Labute approximate surface area is 461 Å². The molecule has 21 heteroatoms. The third kappa shape index (κ3) is 14.3. The van der Waals surface area contributed by atoms with Crippen molar-refractivity contribution in [2.24, 2.45) is 0 Å². The molecule has 3 saturated heterocycles. The fourth-order valence-electron chi connectivity index (χ4n) is 10.7. The molecular formula is C57H79O18PSi2. The second-order valence-electron chi connectivity index (χ2n) is 21.5. The molecule has 0 amide bonds. The maximum Gasteiger partial charge on any atom is 0.508 e. The zero-order valence-corrected chi connectivity index (χ0v) is 49.0. The number of benzene rings is 4. The average molecular weight is 1140 g/mol. The van der Waals surface area contributed by atoms with Crippen LogP contribution in [0.1, 0.15) is 77.6 Å². The Kier molecular flexibility index (Phi) is 21.2. The largest absolute Gasteiger partial charge is 0.508 e. The summed E-state index contributed by atoms with van der Waals surface area (Å²) in [5.41, 5.74) is 2.92. The minimum Gasteiger partial charge on any atom is -0.430 e. The lowest BCUT2D eigenvalue weighted by Crippen LogP contribution is -2.70. The predicted octanol–water partition coefficient (Wildman–Crippen LogP) is 9.82. The van der Waals surface area contributed by atoms with E-state index in [-0.39, 0.29) is 61.8 Å². The maximum atomic E-state index is 14.9. The highest BCUT2D eigenvalue weighted by Gasteiger charge is 2.67. The first-order valence-electron chi connectivity index (χ1n) is 27.1. The van der Waals surface area contributed by atoms with Gasteiger partial charge in [-0.25, -0.2) is 9.36 Å². The van der Waals surface area contributed by atoms with Gasteiger partial charge in [-0.05, 0) is 44.4 Å². The van der Waals surface area contributed by atoms with Crippen LogP contribution in [0.25, 0.3) is 0 Å². The molecule has 13 atom stereocenters. The zero-order chi connectivity index (χ0) is 55.6. The Balaban J connectivity index is 1.24. The van der Waals surface area contributed by atoms with E-state index in [1.807, 2.05) is 177 Å². The minimum absolute atomic E-state index is 0.0181. The van der Waals surface area contributed by atoms with Crippen molar-refractivity contribution in [1.29, 1.82) is 0 Å². The van der Waals surface area contributed by atoms with E-state index in [4.69, 9.17) is 64.4 Å². The molecule has 0 aromatic heterocycles. The quantitative estimate of drug-likeness (QED) is 0.0360. The molecule has 18 nitrogen and oxygen atoms in total. The number of phosphoric acid groups is 1. The van der Waals surface area contributed by atoms with Crippen molar-refractivity contribution in [3.63, 3.8) is 0 Å². The summed E-state index contributed by atoms with van der Waals surface area (Å²) in [5.74, 6) is 0. The van der Waals surface area contributed by atoms with Crippen molar-refractivity contribution >= 4 is 31.1 Å². The van der Waals surface area contributed by atoms with E-state index in [0.29, 0.717) is 0 Å². The summed E-state index contributed by atoms with van der Waals surface area (Å²) < 4.78 is 106. The third-order valence-corrected chi connectivity index (χ3v) is 26.5. The normalized spacial score (nSPS) is 29.7. The molecule has 4 fully saturated rings. The lowest BCUT2D eigenvalue weighted by atomic mass is 9.84. The van der Waals surface area contributed by atoms with E-state index in [0.717, 1.165) is 29.4 Å². The van der Waals surface area contributed by atoms with Crippen molar-refractivity contribution in [3.05, 3.63) is 144 Å². The molecule has 2 N–H and O–H groups in total. The summed E-state index contributed by atoms with van der Waals surface area (Å²) in [6.45, 7) is 16.3. The summed E-state index contributed by atoms with van der Waals surface area (Å²) in [4.78, 5) is 11.9. The van der Waals surface area contributed by atoms with Crippen LogP contribution in [-0.4, -0.2) is 134 Å². The van der Waals surface area contributed by atoms with Crippen LogP contribution in [0.4, 0.5) is 4.79 Å². The van der Waals surface area contributed by atoms with Gasteiger partial charge in [-0.2, -0.15) is 0 Å². The van der Waals surface area contributed by atoms with Crippen molar-refractivity contribution in [1.82, 2.24) is 0 Å². The van der Waals surface area contributed by atoms with E-state index in [9.17, 15) is 19.6 Å². The zero-order valence-electron chi connectivity index (χ0n) is 46.1. The van der Waals surface area contributed by atoms with E-state index in [1.54, 1.807) is 0 Å². The molecule has 0 unspecified atom stereocenters. The van der Waals surface area contributed by atoms with Gasteiger partial charge in [-0.15, -0.1) is 0 Å². The second kappa shape index (κ2) is 27.3. The van der Waals surface area contributed by atoms with Crippen molar-refractivity contribution < 1.29 is 84.0 Å². The van der Waals surface area contributed by atoms with Gasteiger partial charge in [0.2, 0.25) is 0 Å². The topological polar surface area (TPSA) is 204 Å². The van der Waals surface area contributed by atoms with Crippen LogP contribution in [-0.2, 0) is 95.4 Å². The highest BCUT2D eigenvalue weighted by atomic mass is 31.2. The Hall–Kier alpha value is -3.75. The van der Waals surface area contributed by atoms with Gasteiger partial charge >= 0.3 is 31.1 Å². The average Bonchev–Trinajstić information content (AvgIpc) is 3.91. The van der Waals surface area contributed by atoms with Gasteiger partial charge in [0, 0.05) is 7.11 Å². The second-order valence-corrected chi connectivity index (χ2v) is 32.1. The molecule has 8 rings (SSSR count). The summed E-state index contributed by atoms with van der Waals surface area (Å²) in [6.07, 6.45) is -16.6. The number of ether oxygens (including phenoxy) is 8. The molecule has 0 spiro atoms. The van der Waals surface area contributed by atoms with Crippen molar-refractivity contribution in [3.8, 4) is 0 Å². The van der Waals surface area contributed by atoms with Crippen LogP contribution in [0.15, 0.2) is 121 Å². The lowest BCUT2D eigenvalue weighted by molar-refractivity contribution is -0.354. The monoisotopic (exact) mass is 1140 g/mol. The van der Waals surface area contributed by atoms with Crippen LogP contribution >= 0.6 is 7.82 Å². The molecule has 4 aromatic rings. The minimum atomic E-state index is -4.75. The number of aliphatic hydroxyl groups excluding tert-OH is 2. The Bertz CT molecular complexity index is 2480. The van der Waals surface area contributed by atoms with Gasteiger partial charge in [-0.3, -0.25) is 13.6 Å². The fraction of sp³-hybridized carbons (Fsp3) is 0.561. The van der Waals surface area contributed by atoms with E-state index in [2.05, 4.69) is 0 Å².